The zero-order valence-electron chi connectivity index (χ0n) is 12.7. The summed E-state index contributed by atoms with van der Waals surface area (Å²) in [4.78, 5) is 6.92. The Kier molecular flexibility index (Phi) is 4.81. The summed E-state index contributed by atoms with van der Waals surface area (Å²) < 4.78 is 0. The third kappa shape index (κ3) is 3.93. The predicted molar refractivity (Wildman–Crippen MR) is 81.5 cm³/mol. The Bertz CT molecular complexity index is 387. The van der Waals surface area contributed by atoms with Crippen LogP contribution >= 0.6 is 0 Å². The first-order valence-electron chi connectivity index (χ1n) is 7.52. The monoisotopic (exact) mass is 261 g/mol. The number of aromatic nitrogens is 1. The van der Waals surface area contributed by atoms with Gasteiger partial charge in [0.15, 0.2) is 0 Å². The van der Waals surface area contributed by atoms with Crippen molar-refractivity contribution in [2.75, 3.05) is 25.0 Å². The number of nitrogens with zero attached hydrogens (tertiary/aromatic N) is 2. The number of hydrogen-bond acceptors (Lipinski definition) is 3. The van der Waals surface area contributed by atoms with Gasteiger partial charge in [-0.1, -0.05) is 13.8 Å². The molecular formula is C16H27N3. The molecule has 1 N–H and O–H groups in total. The van der Waals surface area contributed by atoms with Crippen molar-refractivity contribution in [3.05, 3.63) is 24.0 Å². The van der Waals surface area contributed by atoms with Crippen molar-refractivity contribution in [2.24, 2.45) is 11.8 Å². The molecule has 0 aliphatic heterocycles. The molecule has 1 aliphatic rings. The lowest BCUT2D eigenvalue weighted by Gasteiger charge is -2.20. The van der Waals surface area contributed by atoms with Crippen LogP contribution in [0, 0.1) is 11.8 Å². The van der Waals surface area contributed by atoms with E-state index < -0.39 is 0 Å². The molecule has 3 atom stereocenters. The minimum absolute atomic E-state index is 0.336. The van der Waals surface area contributed by atoms with Gasteiger partial charge >= 0.3 is 0 Å². The van der Waals surface area contributed by atoms with Gasteiger partial charge in [-0.25, -0.2) is 0 Å². The molecule has 0 spiro atoms. The summed E-state index contributed by atoms with van der Waals surface area (Å²) in [5.41, 5.74) is 2.36. The van der Waals surface area contributed by atoms with Gasteiger partial charge in [0.2, 0.25) is 0 Å². The molecule has 1 fully saturated rings. The molecule has 1 aromatic rings. The van der Waals surface area contributed by atoms with E-state index in [0.717, 1.165) is 37.0 Å². The third-order valence-corrected chi connectivity index (χ3v) is 4.14. The highest BCUT2D eigenvalue weighted by Crippen LogP contribution is 2.38. The van der Waals surface area contributed by atoms with Crippen LogP contribution in [0.3, 0.4) is 0 Å². The molecule has 19 heavy (non-hydrogen) atoms. The second kappa shape index (κ2) is 6.38. The van der Waals surface area contributed by atoms with E-state index in [1.54, 1.807) is 0 Å². The molecule has 3 unspecified atom stereocenters. The topological polar surface area (TPSA) is 28.2 Å². The minimum atomic E-state index is 0.336. The third-order valence-electron chi connectivity index (χ3n) is 4.14. The van der Waals surface area contributed by atoms with E-state index in [0.29, 0.717) is 6.04 Å². The number of hydrogen-bond donors (Lipinski definition) is 1. The standard InChI is InChI=1S/C16H27N3/c1-5-8-17-13(3)16-7-6-15(10-18-16)19(4)11-14-9-12(14)2/h6-7,10,12-14,17H,5,8-9,11H2,1-4H3. The molecule has 0 bridgehead atoms. The van der Waals surface area contributed by atoms with Gasteiger partial charge in [0.1, 0.15) is 0 Å². The Labute approximate surface area is 117 Å². The van der Waals surface area contributed by atoms with Crippen LogP contribution in [0.1, 0.15) is 45.3 Å². The van der Waals surface area contributed by atoms with Crippen LogP contribution in [-0.4, -0.2) is 25.1 Å². The summed E-state index contributed by atoms with van der Waals surface area (Å²) in [6.07, 6.45) is 4.55. The Hall–Kier alpha value is -1.09. The van der Waals surface area contributed by atoms with E-state index in [1.807, 2.05) is 6.20 Å². The van der Waals surface area contributed by atoms with Crippen LogP contribution in [0.4, 0.5) is 5.69 Å². The van der Waals surface area contributed by atoms with Crippen molar-refractivity contribution < 1.29 is 0 Å². The molecule has 106 valence electrons. The van der Waals surface area contributed by atoms with E-state index in [2.05, 4.69) is 55.2 Å². The van der Waals surface area contributed by atoms with Crippen molar-refractivity contribution in [1.29, 1.82) is 0 Å². The molecular weight excluding hydrogens is 234 g/mol. The zero-order chi connectivity index (χ0) is 13.8. The zero-order valence-corrected chi connectivity index (χ0v) is 12.7. The summed E-state index contributed by atoms with van der Waals surface area (Å²) in [6, 6.07) is 4.68. The Morgan fingerprint density at radius 3 is 2.74 bits per heavy atom. The highest BCUT2D eigenvalue weighted by molar-refractivity contribution is 5.44. The van der Waals surface area contributed by atoms with E-state index in [-0.39, 0.29) is 0 Å². The first-order chi connectivity index (χ1) is 9.11. The molecule has 1 saturated carbocycles. The lowest BCUT2D eigenvalue weighted by Crippen LogP contribution is -2.22. The summed E-state index contributed by atoms with van der Waals surface area (Å²) >= 11 is 0. The number of nitrogens with one attached hydrogen (secondary N) is 1. The molecule has 2 rings (SSSR count). The molecule has 1 aliphatic carbocycles. The molecule has 0 aromatic carbocycles. The second-order valence-electron chi connectivity index (χ2n) is 5.97. The van der Waals surface area contributed by atoms with Gasteiger partial charge in [-0.3, -0.25) is 4.98 Å². The highest BCUT2D eigenvalue weighted by atomic mass is 15.1. The Balaban J connectivity index is 1.89. The van der Waals surface area contributed by atoms with Crippen molar-refractivity contribution in [2.45, 2.75) is 39.7 Å². The van der Waals surface area contributed by atoms with Crippen molar-refractivity contribution in [1.82, 2.24) is 10.3 Å². The fourth-order valence-electron chi connectivity index (χ4n) is 2.46. The van der Waals surface area contributed by atoms with Gasteiger partial charge in [0.05, 0.1) is 17.6 Å². The smallest absolute Gasteiger partial charge is 0.0572 e. The number of pyridine rings is 1. The van der Waals surface area contributed by atoms with Crippen LogP contribution in [0.5, 0.6) is 0 Å². The lowest BCUT2D eigenvalue weighted by molar-refractivity contribution is 0.558. The molecule has 0 radical (unpaired) electrons. The highest BCUT2D eigenvalue weighted by Gasteiger charge is 2.33. The SMILES string of the molecule is CCCNC(C)c1ccc(N(C)CC2CC2C)cn1. The van der Waals surface area contributed by atoms with Gasteiger partial charge in [-0.2, -0.15) is 0 Å². The average molecular weight is 261 g/mol. The number of rotatable bonds is 7. The van der Waals surface area contributed by atoms with Crippen LogP contribution in [0.2, 0.25) is 0 Å². The fraction of sp³-hybridized carbons (Fsp3) is 0.688. The first-order valence-corrected chi connectivity index (χ1v) is 7.52. The molecule has 0 saturated heterocycles. The van der Waals surface area contributed by atoms with Crippen molar-refractivity contribution >= 4 is 5.69 Å². The van der Waals surface area contributed by atoms with Crippen LogP contribution in [0.25, 0.3) is 0 Å². The van der Waals surface area contributed by atoms with Crippen molar-refractivity contribution in [3.8, 4) is 0 Å². The molecule has 1 heterocycles. The van der Waals surface area contributed by atoms with Crippen molar-refractivity contribution in [3.63, 3.8) is 0 Å². The van der Waals surface area contributed by atoms with Gasteiger partial charge in [-0.05, 0) is 50.3 Å². The second-order valence-corrected chi connectivity index (χ2v) is 5.97. The Morgan fingerprint density at radius 1 is 1.47 bits per heavy atom. The summed E-state index contributed by atoms with van der Waals surface area (Å²) in [6.45, 7) is 8.90. The quantitative estimate of drug-likeness (QED) is 0.816. The molecule has 0 amide bonds. The fourth-order valence-corrected chi connectivity index (χ4v) is 2.46. The Morgan fingerprint density at radius 2 is 2.21 bits per heavy atom. The summed E-state index contributed by atoms with van der Waals surface area (Å²) in [5, 5.41) is 3.47. The molecule has 3 heteroatoms. The first kappa shape index (κ1) is 14.3. The molecule has 1 aromatic heterocycles. The predicted octanol–water partition coefficient (Wildman–Crippen LogP) is 3.23. The van der Waals surface area contributed by atoms with E-state index in [1.165, 1.54) is 12.1 Å². The van der Waals surface area contributed by atoms with Crippen LogP contribution in [0.15, 0.2) is 18.3 Å². The lowest BCUT2D eigenvalue weighted by atomic mass is 10.2. The summed E-state index contributed by atoms with van der Waals surface area (Å²) in [5.74, 6) is 1.79. The maximum absolute atomic E-state index is 4.60. The maximum atomic E-state index is 4.60. The minimum Gasteiger partial charge on any atom is -0.373 e. The maximum Gasteiger partial charge on any atom is 0.0572 e. The van der Waals surface area contributed by atoms with E-state index in [9.17, 15) is 0 Å². The van der Waals surface area contributed by atoms with Crippen LogP contribution < -0.4 is 10.2 Å². The van der Waals surface area contributed by atoms with E-state index in [4.69, 9.17) is 0 Å². The average Bonchev–Trinajstić information content (AvgIpc) is 3.11. The number of anilines is 1. The van der Waals surface area contributed by atoms with Crippen LogP contribution in [-0.2, 0) is 0 Å². The van der Waals surface area contributed by atoms with Gasteiger partial charge in [0, 0.05) is 19.6 Å². The van der Waals surface area contributed by atoms with Gasteiger partial charge in [-0.15, -0.1) is 0 Å². The molecule has 3 nitrogen and oxygen atoms in total. The summed E-state index contributed by atoms with van der Waals surface area (Å²) in [7, 11) is 2.17. The normalized spacial score (nSPS) is 23.2. The van der Waals surface area contributed by atoms with E-state index >= 15 is 0 Å². The van der Waals surface area contributed by atoms with Gasteiger partial charge in [0.25, 0.3) is 0 Å². The van der Waals surface area contributed by atoms with Gasteiger partial charge < -0.3 is 10.2 Å². The largest absolute Gasteiger partial charge is 0.373 e.